The quantitative estimate of drug-likeness (QED) is 0.157. The van der Waals surface area contributed by atoms with Gasteiger partial charge in [-0.2, -0.15) is 13.5 Å². The van der Waals surface area contributed by atoms with Crippen molar-refractivity contribution in [1.82, 2.24) is 4.90 Å². The highest BCUT2D eigenvalue weighted by atomic mass is 32.1. The van der Waals surface area contributed by atoms with Gasteiger partial charge in [-0.1, -0.05) is 62.4 Å². The summed E-state index contributed by atoms with van der Waals surface area (Å²) in [6, 6.07) is 13.6. The molecule has 2 amide bonds. The van der Waals surface area contributed by atoms with Gasteiger partial charge in [-0.15, -0.1) is 0 Å². The highest BCUT2D eigenvalue weighted by Gasteiger charge is 2.78. The van der Waals surface area contributed by atoms with E-state index in [-0.39, 0.29) is 48.8 Å². The third kappa shape index (κ3) is 10.0. The van der Waals surface area contributed by atoms with E-state index in [1.54, 1.807) is 77.9 Å². The number of Topliss-reactive ketones (excluding diaryl/α,β-unsaturated/α-hetero) is 1. The van der Waals surface area contributed by atoms with Crippen LogP contribution < -0.4 is 0 Å². The molecule has 0 radical (unpaired) electrons. The summed E-state index contributed by atoms with van der Waals surface area (Å²) in [6.07, 6.45) is -13.9. The maximum Gasteiger partial charge on any atom is 0.420 e. The number of hydrogen-bond acceptors (Lipinski definition) is 17. The molecule has 69 heavy (non-hydrogen) atoms. The van der Waals surface area contributed by atoms with Gasteiger partial charge in [0.15, 0.2) is 11.4 Å². The van der Waals surface area contributed by atoms with E-state index >= 15 is 9.59 Å². The maximum atomic E-state index is 15.2. The Morgan fingerprint density at radius 3 is 1.83 bits per heavy atom. The van der Waals surface area contributed by atoms with Crippen LogP contribution in [0, 0.1) is 16.7 Å². The SMILES string of the molecule is CC(=O)O[C@@H](C(=O)O[C@H]1C[C@@]2(O)[C@@H](OC(=O)c3ccccc3)C3[C@](C)(C(=O)[C@H](O)C(=C1C)C2(C)C)[C@@H](O)C[C@H]1OC[C@@]31OC(C)=O)[C@H](c1ccccc1)N(C(=O)OC(C)(C)C)C(=O)OC(C)(C)C.S. The number of nitrogens with zero attached hydrogens (tertiary/aromatic N) is 1. The minimum Gasteiger partial charge on any atom is -0.455 e. The molecule has 3 N–H and O–H groups in total. The number of imide groups is 1. The second-order valence-corrected chi connectivity index (χ2v) is 20.8. The number of benzene rings is 2. The number of ketones is 1. The molecule has 18 nitrogen and oxygen atoms in total. The molecule has 378 valence electrons. The van der Waals surface area contributed by atoms with Crippen molar-refractivity contribution in [2.24, 2.45) is 16.7 Å². The summed E-state index contributed by atoms with van der Waals surface area (Å²) in [4.78, 5) is 99.6. The number of ether oxygens (including phenoxy) is 7. The number of aliphatic hydroxyl groups excluding tert-OH is 2. The van der Waals surface area contributed by atoms with E-state index in [1.165, 1.54) is 52.0 Å². The smallest absolute Gasteiger partial charge is 0.420 e. The number of aliphatic hydroxyl groups is 3. The fourth-order valence-corrected chi connectivity index (χ4v) is 10.4. The molecular weight excluding hydrogens is 919 g/mol. The molecule has 1 aliphatic heterocycles. The Bertz CT molecular complexity index is 2330. The van der Waals surface area contributed by atoms with Crippen LogP contribution >= 0.6 is 13.5 Å². The third-order valence-corrected chi connectivity index (χ3v) is 13.6. The van der Waals surface area contributed by atoms with Gasteiger partial charge in [0, 0.05) is 32.1 Å². The van der Waals surface area contributed by atoms with E-state index in [0.29, 0.717) is 4.90 Å². The fourth-order valence-electron chi connectivity index (χ4n) is 10.4. The minimum atomic E-state index is -2.48. The van der Waals surface area contributed by atoms with Crippen molar-refractivity contribution in [3.05, 3.63) is 82.9 Å². The molecule has 0 aromatic heterocycles. The van der Waals surface area contributed by atoms with Gasteiger partial charge in [-0.3, -0.25) is 14.4 Å². The summed E-state index contributed by atoms with van der Waals surface area (Å²) in [5, 5.41) is 38.1. The van der Waals surface area contributed by atoms with Crippen molar-refractivity contribution in [3.8, 4) is 0 Å². The molecule has 1 heterocycles. The Labute approximate surface area is 408 Å². The molecule has 1 saturated heterocycles. The highest BCUT2D eigenvalue weighted by Crippen LogP contribution is 2.64. The van der Waals surface area contributed by atoms with Crippen molar-refractivity contribution < 1.29 is 82.0 Å². The second-order valence-electron chi connectivity index (χ2n) is 20.8. The molecule has 3 aliphatic carbocycles. The van der Waals surface area contributed by atoms with Crippen LogP contribution in [0.1, 0.15) is 118 Å². The normalized spacial score (nSPS) is 30.1. The molecule has 2 saturated carbocycles. The molecule has 4 aliphatic rings. The Morgan fingerprint density at radius 1 is 0.812 bits per heavy atom. The van der Waals surface area contributed by atoms with Crippen LogP contribution in [-0.2, 0) is 52.3 Å². The van der Waals surface area contributed by atoms with Crippen molar-refractivity contribution in [2.45, 2.75) is 161 Å². The number of carbonyl (C=O) groups is 7. The summed E-state index contributed by atoms with van der Waals surface area (Å²) < 4.78 is 41.5. The van der Waals surface area contributed by atoms with Crippen molar-refractivity contribution in [1.29, 1.82) is 0 Å². The summed E-state index contributed by atoms with van der Waals surface area (Å²) in [5.74, 6) is -6.77. The van der Waals surface area contributed by atoms with E-state index < -0.39 is 130 Å². The van der Waals surface area contributed by atoms with E-state index in [9.17, 15) is 39.3 Å². The first-order valence-corrected chi connectivity index (χ1v) is 22.5. The second kappa shape index (κ2) is 19.5. The number of amides is 2. The van der Waals surface area contributed by atoms with Gasteiger partial charge < -0.3 is 48.5 Å². The van der Waals surface area contributed by atoms with Crippen LogP contribution in [0.25, 0.3) is 0 Å². The largest absolute Gasteiger partial charge is 0.455 e. The molecular formula is C50H65NO17S. The zero-order valence-corrected chi connectivity index (χ0v) is 42.0. The van der Waals surface area contributed by atoms with Gasteiger partial charge >= 0.3 is 36.1 Å². The number of carbonyl (C=O) groups excluding carboxylic acids is 7. The number of hydrogen-bond donors (Lipinski definition) is 3. The molecule has 1 unspecified atom stereocenters. The molecule has 2 bridgehead atoms. The molecule has 2 aromatic carbocycles. The molecule has 0 spiro atoms. The van der Waals surface area contributed by atoms with Crippen molar-refractivity contribution in [2.75, 3.05) is 6.61 Å². The molecule has 3 fully saturated rings. The van der Waals surface area contributed by atoms with E-state index in [4.69, 9.17) is 33.2 Å². The third-order valence-electron chi connectivity index (χ3n) is 13.6. The average Bonchev–Trinajstić information content (AvgIpc) is 3.22. The van der Waals surface area contributed by atoms with Gasteiger partial charge in [0.1, 0.15) is 47.3 Å². The van der Waals surface area contributed by atoms with Crippen LogP contribution in [0.4, 0.5) is 9.59 Å². The van der Waals surface area contributed by atoms with Gasteiger partial charge in [-0.25, -0.2) is 24.1 Å². The maximum absolute atomic E-state index is 15.2. The first kappa shape index (κ1) is 54.6. The van der Waals surface area contributed by atoms with Crippen molar-refractivity contribution in [3.63, 3.8) is 0 Å². The lowest BCUT2D eigenvalue weighted by Gasteiger charge is -2.67. The fraction of sp³-hybridized carbons (Fsp3) is 0.580. The van der Waals surface area contributed by atoms with Crippen LogP contribution in [-0.4, -0.2) is 128 Å². The van der Waals surface area contributed by atoms with Crippen molar-refractivity contribution >= 4 is 55.3 Å². The zero-order chi connectivity index (χ0) is 50.7. The van der Waals surface area contributed by atoms with Crippen LogP contribution in [0.15, 0.2) is 71.8 Å². The van der Waals surface area contributed by atoms with Gasteiger partial charge in [0.2, 0.25) is 6.10 Å². The lowest BCUT2D eigenvalue weighted by Crippen LogP contribution is -2.81. The highest BCUT2D eigenvalue weighted by molar-refractivity contribution is 7.59. The summed E-state index contributed by atoms with van der Waals surface area (Å²) in [7, 11) is 0. The first-order valence-electron chi connectivity index (χ1n) is 22.5. The minimum absolute atomic E-state index is 0. The van der Waals surface area contributed by atoms with E-state index in [0.717, 1.165) is 13.8 Å². The van der Waals surface area contributed by atoms with E-state index in [1.807, 2.05) is 0 Å². The number of rotatable bonds is 9. The topological polar surface area (TPSA) is 248 Å². The monoisotopic (exact) mass is 983 g/mol. The summed E-state index contributed by atoms with van der Waals surface area (Å²) >= 11 is 0. The molecule has 2 aromatic rings. The zero-order valence-electron chi connectivity index (χ0n) is 41.0. The average molecular weight is 984 g/mol. The van der Waals surface area contributed by atoms with Gasteiger partial charge in [0.05, 0.1) is 29.6 Å². The van der Waals surface area contributed by atoms with E-state index in [2.05, 4.69) is 0 Å². The standard InChI is InChI=1S/C50H63NO17.H2S/c1-26-31(64-42(58)37(63-27(2)52)35(29-19-15-13-16-20-29)51(43(59)67-45(4,5)6)44(60)68-46(7,8)9)24-50(61)40(65-41(57)30-21-17-14-18-22-30)38-48(12,39(56)36(55)34(26)47(50,10)11)32(54)23-33-49(38,25-62-33)66-28(3)53;/h13-22,31-33,35-38,40,54-55,61H,23-25H2,1-12H3;1H2/t31-,32-,33+,35-,36+,37+,38?,40-,48+,49-,50+;/m0./s1. The van der Waals surface area contributed by atoms with Crippen LogP contribution in [0.5, 0.6) is 0 Å². The summed E-state index contributed by atoms with van der Waals surface area (Å²) in [6.45, 7) is 16.9. The predicted octanol–water partition coefficient (Wildman–Crippen LogP) is 5.59. The Balaban J connectivity index is 0.00000888. The summed E-state index contributed by atoms with van der Waals surface area (Å²) in [5.41, 5.74) is -10.5. The molecule has 19 heteroatoms. The Kier molecular flexibility index (Phi) is 15.4. The number of esters is 4. The van der Waals surface area contributed by atoms with Crippen LogP contribution in [0.2, 0.25) is 0 Å². The lowest BCUT2D eigenvalue weighted by molar-refractivity contribution is -0.346. The first-order chi connectivity index (χ1) is 31.4. The Hall–Kier alpha value is -5.34. The van der Waals surface area contributed by atoms with Gasteiger partial charge in [0.25, 0.3) is 0 Å². The van der Waals surface area contributed by atoms with Gasteiger partial charge in [-0.05, 0) is 84.2 Å². The lowest BCUT2D eigenvalue weighted by atomic mass is 9.44. The Morgan fingerprint density at radius 2 is 1.35 bits per heavy atom. The predicted molar refractivity (Wildman–Crippen MR) is 248 cm³/mol. The molecule has 11 atom stereocenters. The van der Waals surface area contributed by atoms with Crippen LogP contribution in [0.3, 0.4) is 0 Å². The number of fused-ring (bicyclic) bond motifs is 5. The molecule has 6 rings (SSSR count).